The van der Waals surface area contributed by atoms with E-state index in [4.69, 9.17) is 28.9 Å². The second-order valence-electron chi connectivity index (χ2n) is 3.07. The molecule has 14 heavy (non-hydrogen) atoms. The molecule has 1 atom stereocenters. The highest BCUT2D eigenvalue weighted by atomic mass is 35.5. The Balaban J connectivity index is 0.00000169. The first-order valence-electron chi connectivity index (χ1n) is 4.35. The Morgan fingerprint density at radius 2 is 1.93 bits per heavy atom. The molecule has 0 aliphatic carbocycles. The molecule has 80 valence electrons. The third kappa shape index (κ3) is 3.66. The fourth-order valence-electron chi connectivity index (χ4n) is 1.22. The van der Waals surface area contributed by atoms with E-state index in [-0.39, 0.29) is 18.4 Å². The predicted molar refractivity (Wildman–Crippen MR) is 65.5 cm³/mol. The molecule has 1 aromatic rings. The van der Waals surface area contributed by atoms with Crippen LogP contribution in [-0.4, -0.2) is 0 Å². The van der Waals surface area contributed by atoms with Crippen molar-refractivity contribution in [3.8, 4) is 0 Å². The summed E-state index contributed by atoms with van der Waals surface area (Å²) in [4.78, 5) is 0. The van der Waals surface area contributed by atoms with Gasteiger partial charge in [0.2, 0.25) is 0 Å². The summed E-state index contributed by atoms with van der Waals surface area (Å²) in [6.07, 6.45) is 2.04. The SMILES string of the molecule is CCC[C@H](N)c1ccc(Cl)c(Cl)c1.Cl. The van der Waals surface area contributed by atoms with Gasteiger partial charge in [-0.05, 0) is 24.1 Å². The summed E-state index contributed by atoms with van der Waals surface area (Å²) in [6, 6.07) is 5.62. The molecular formula is C10H14Cl3N. The van der Waals surface area contributed by atoms with Gasteiger partial charge < -0.3 is 5.73 Å². The third-order valence-electron chi connectivity index (χ3n) is 1.97. The van der Waals surface area contributed by atoms with E-state index >= 15 is 0 Å². The largest absolute Gasteiger partial charge is 0.324 e. The zero-order valence-corrected chi connectivity index (χ0v) is 10.3. The number of hydrogen-bond donors (Lipinski definition) is 1. The molecular weight excluding hydrogens is 240 g/mol. The van der Waals surface area contributed by atoms with Crippen molar-refractivity contribution in [1.82, 2.24) is 0 Å². The van der Waals surface area contributed by atoms with Gasteiger partial charge in [0.15, 0.2) is 0 Å². The van der Waals surface area contributed by atoms with E-state index in [9.17, 15) is 0 Å². The molecule has 1 nitrogen and oxygen atoms in total. The van der Waals surface area contributed by atoms with E-state index in [0.29, 0.717) is 10.0 Å². The van der Waals surface area contributed by atoms with Gasteiger partial charge >= 0.3 is 0 Å². The lowest BCUT2D eigenvalue weighted by Crippen LogP contribution is -2.09. The van der Waals surface area contributed by atoms with E-state index in [0.717, 1.165) is 18.4 Å². The molecule has 0 spiro atoms. The van der Waals surface area contributed by atoms with Crippen molar-refractivity contribution in [2.75, 3.05) is 0 Å². The molecule has 1 rings (SSSR count). The Labute approximate surface area is 101 Å². The number of halogens is 3. The van der Waals surface area contributed by atoms with E-state index in [2.05, 4.69) is 6.92 Å². The van der Waals surface area contributed by atoms with Crippen LogP contribution in [0.15, 0.2) is 18.2 Å². The summed E-state index contributed by atoms with van der Waals surface area (Å²) < 4.78 is 0. The normalized spacial score (nSPS) is 12.0. The molecule has 1 aromatic carbocycles. The number of nitrogens with two attached hydrogens (primary N) is 1. The highest BCUT2D eigenvalue weighted by Gasteiger charge is 2.06. The van der Waals surface area contributed by atoms with Gasteiger partial charge in [0.1, 0.15) is 0 Å². The quantitative estimate of drug-likeness (QED) is 0.859. The van der Waals surface area contributed by atoms with E-state index < -0.39 is 0 Å². The maximum Gasteiger partial charge on any atom is 0.0595 e. The van der Waals surface area contributed by atoms with E-state index in [1.54, 1.807) is 6.07 Å². The van der Waals surface area contributed by atoms with Crippen LogP contribution in [0.3, 0.4) is 0 Å². The van der Waals surface area contributed by atoms with Gasteiger partial charge in [-0.3, -0.25) is 0 Å². The maximum atomic E-state index is 5.92. The van der Waals surface area contributed by atoms with Crippen molar-refractivity contribution < 1.29 is 0 Å². The van der Waals surface area contributed by atoms with Crippen LogP contribution in [-0.2, 0) is 0 Å². The number of rotatable bonds is 3. The molecule has 0 amide bonds. The van der Waals surface area contributed by atoms with Crippen molar-refractivity contribution in [1.29, 1.82) is 0 Å². The van der Waals surface area contributed by atoms with Crippen LogP contribution in [0.2, 0.25) is 10.0 Å². The second kappa shape index (κ2) is 6.52. The van der Waals surface area contributed by atoms with Crippen LogP contribution in [0.1, 0.15) is 31.4 Å². The maximum absolute atomic E-state index is 5.92. The smallest absolute Gasteiger partial charge is 0.0595 e. The minimum atomic E-state index is 0. The van der Waals surface area contributed by atoms with E-state index in [1.165, 1.54) is 0 Å². The molecule has 0 fully saturated rings. The Hall–Kier alpha value is 0.0500. The van der Waals surface area contributed by atoms with Crippen molar-refractivity contribution >= 4 is 35.6 Å². The van der Waals surface area contributed by atoms with Gasteiger partial charge in [-0.15, -0.1) is 12.4 Å². The zero-order valence-electron chi connectivity index (χ0n) is 7.97. The van der Waals surface area contributed by atoms with Crippen molar-refractivity contribution in [3.05, 3.63) is 33.8 Å². The summed E-state index contributed by atoms with van der Waals surface area (Å²) in [5.41, 5.74) is 6.97. The summed E-state index contributed by atoms with van der Waals surface area (Å²) in [5.74, 6) is 0. The van der Waals surface area contributed by atoms with Crippen LogP contribution < -0.4 is 5.73 Å². The molecule has 2 N–H and O–H groups in total. The van der Waals surface area contributed by atoms with Gasteiger partial charge in [-0.25, -0.2) is 0 Å². The van der Waals surface area contributed by atoms with Crippen LogP contribution >= 0.6 is 35.6 Å². The topological polar surface area (TPSA) is 26.0 Å². The van der Waals surface area contributed by atoms with Crippen molar-refractivity contribution in [3.63, 3.8) is 0 Å². The van der Waals surface area contributed by atoms with Gasteiger partial charge in [0.05, 0.1) is 10.0 Å². The fraction of sp³-hybridized carbons (Fsp3) is 0.400. The average molecular weight is 255 g/mol. The molecule has 0 aliphatic heterocycles. The zero-order chi connectivity index (χ0) is 9.84. The summed E-state index contributed by atoms with van der Waals surface area (Å²) in [7, 11) is 0. The highest BCUT2D eigenvalue weighted by molar-refractivity contribution is 6.42. The molecule has 0 unspecified atom stereocenters. The first-order chi connectivity index (χ1) is 6.15. The molecule has 4 heteroatoms. The summed E-state index contributed by atoms with van der Waals surface area (Å²) >= 11 is 11.7. The average Bonchev–Trinajstić information content (AvgIpc) is 2.10. The minimum absolute atomic E-state index is 0. The van der Waals surface area contributed by atoms with Gasteiger partial charge in [0, 0.05) is 6.04 Å². The van der Waals surface area contributed by atoms with Crippen LogP contribution in [0.4, 0.5) is 0 Å². The monoisotopic (exact) mass is 253 g/mol. The molecule has 0 radical (unpaired) electrons. The predicted octanol–water partition coefficient (Wildman–Crippen LogP) is 4.22. The van der Waals surface area contributed by atoms with Crippen LogP contribution in [0.25, 0.3) is 0 Å². The first-order valence-corrected chi connectivity index (χ1v) is 5.11. The third-order valence-corrected chi connectivity index (χ3v) is 2.71. The lowest BCUT2D eigenvalue weighted by Gasteiger charge is -2.11. The number of hydrogen-bond acceptors (Lipinski definition) is 1. The molecule has 0 bridgehead atoms. The second-order valence-corrected chi connectivity index (χ2v) is 3.88. The molecule has 0 saturated heterocycles. The Morgan fingerprint density at radius 3 is 2.43 bits per heavy atom. The van der Waals surface area contributed by atoms with Gasteiger partial charge in [-0.1, -0.05) is 42.6 Å². The molecule has 0 saturated carbocycles. The minimum Gasteiger partial charge on any atom is -0.324 e. The Morgan fingerprint density at radius 1 is 1.29 bits per heavy atom. The van der Waals surface area contributed by atoms with Crippen molar-refractivity contribution in [2.45, 2.75) is 25.8 Å². The van der Waals surface area contributed by atoms with Crippen LogP contribution in [0.5, 0.6) is 0 Å². The van der Waals surface area contributed by atoms with Crippen molar-refractivity contribution in [2.24, 2.45) is 5.73 Å². The first kappa shape index (κ1) is 14.1. The van der Waals surface area contributed by atoms with E-state index in [1.807, 2.05) is 12.1 Å². The molecule has 0 aliphatic rings. The Kier molecular flexibility index (Phi) is 6.54. The highest BCUT2D eigenvalue weighted by Crippen LogP contribution is 2.26. The van der Waals surface area contributed by atoms with Crippen LogP contribution in [0, 0.1) is 0 Å². The van der Waals surface area contributed by atoms with Gasteiger partial charge in [0.25, 0.3) is 0 Å². The standard InChI is InChI=1S/C10H13Cl2N.ClH/c1-2-3-10(13)7-4-5-8(11)9(12)6-7;/h4-6,10H,2-3,13H2,1H3;1H/t10-;/m0./s1. The summed E-state index contributed by atoms with van der Waals surface area (Å²) in [6.45, 7) is 2.11. The summed E-state index contributed by atoms with van der Waals surface area (Å²) in [5, 5.41) is 1.15. The van der Waals surface area contributed by atoms with Gasteiger partial charge in [-0.2, -0.15) is 0 Å². The molecule has 0 aromatic heterocycles. The number of benzene rings is 1. The lowest BCUT2D eigenvalue weighted by molar-refractivity contribution is 0.638. The molecule has 0 heterocycles. The lowest BCUT2D eigenvalue weighted by atomic mass is 10.0. The Bertz CT molecular complexity index is 289. The fourth-order valence-corrected chi connectivity index (χ4v) is 1.53.